The largest absolute Gasteiger partial charge is 0.455 e. The number of fused-ring (bicyclic) bond motifs is 3. The molecule has 0 N–H and O–H groups in total. The average molecular weight is 574 g/mol. The molecule has 0 aliphatic rings. The minimum Gasteiger partial charge on any atom is -0.455 e. The van der Waals surface area contributed by atoms with Crippen LogP contribution in [0.15, 0.2) is 94.1 Å². The normalized spacial score (nSPS) is 13.6. The fourth-order valence-corrected chi connectivity index (χ4v) is 8.64. The second kappa shape index (κ2) is 9.82. The molecular weight excluding hydrogens is 539 g/mol. The molecule has 5 heteroatoms. The Morgan fingerprint density at radius 2 is 1.59 bits per heavy atom. The van der Waals surface area contributed by atoms with Gasteiger partial charge >= 0.3 is 0 Å². The molecule has 0 unspecified atom stereocenters. The van der Waals surface area contributed by atoms with Gasteiger partial charge in [-0.25, -0.2) is 4.74 Å². The van der Waals surface area contributed by atoms with Crippen molar-refractivity contribution < 1.29 is 4.52 Å². The fourth-order valence-electron chi connectivity index (χ4n) is 5.12. The first kappa shape index (κ1) is 25.8. The lowest BCUT2D eigenvalue weighted by molar-refractivity contribution is 0.570. The fraction of sp³-hybridized carbons (Fsp3) is 0.250. The minimum atomic E-state index is -2.62. The molecule has 0 saturated heterocycles. The van der Waals surface area contributed by atoms with Crippen molar-refractivity contribution in [2.45, 2.75) is 53.2 Å². The van der Waals surface area contributed by atoms with E-state index < -0.39 is 7.28 Å². The number of aryl methyl sites for hydroxylation is 3. The Balaban J connectivity index is 1.87. The zero-order valence-corrected chi connectivity index (χ0v) is 24.9. The molecule has 0 aliphatic heterocycles. The predicted octanol–water partition coefficient (Wildman–Crippen LogP) is 10.1. The molecule has 5 aromatic rings. The Hall–Kier alpha value is -2.81. The van der Waals surface area contributed by atoms with Crippen molar-refractivity contribution in [2.24, 2.45) is 4.74 Å². The highest BCUT2D eigenvalue weighted by Crippen LogP contribution is 2.62. The van der Waals surface area contributed by atoms with Crippen LogP contribution in [0.5, 0.6) is 5.75 Å². The van der Waals surface area contributed by atoms with E-state index in [1.165, 1.54) is 27.4 Å². The van der Waals surface area contributed by atoms with Crippen molar-refractivity contribution in [3.63, 3.8) is 0 Å². The number of benzene rings is 4. The smallest absolute Gasteiger partial charge is 0.173 e. The second-order valence-electron chi connectivity index (χ2n) is 10.6. The maximum absolute atomic E-state index is 7.12. The van der Waals surface area contributed by atoms with E-state index in [1.54, 1.807) is 0 Å². The third-order valence-corrected chi connectivity index (χ3v) is 11.2. The molecule has 190 valence electrons. The Morgan fingerprint density at radius 3 is 2.30 bits per heavy atom. The molecule has 0 radical (unpaired) electrons. The summed E-state index contributed by atoms with van der Waals surface area (Å²) in [6.45, 7) is 14.2. The molecule has 0 aliphatic carbocycles. The Labute approximate surface area is 228 Å². The lowest BCUT2D eigenvalue weighted by Crippen LogP contribution is -2.27. The topological polar surface area (TPSA) is 26.5 Å². The Bertz CT molecular complexity index is 1680. The SMILES string of the molecule is CCn1c2ccccc2c2cc([P@@](=Nc3ccc(C)cc3C)(Oc3cccc(Br)c3)C(C)(C)C)ccc21. The van der Waals surface area contributed by atoms with E-state index >= 15 is 0 Å². The summed E-state index contributed by atoms with van der Waals surface area (Å²) >= 11 is 3.63. The summed E-state index contributed by atoms with van der Waals surface area (Å²) in [5.41, 5.74) is 5.89. The van der Waals surface area contributed by atoms with Gasteiger partial charge in [-0.1, -0.05) is 78.7 Å². The molecule has 37 heavy (non-hydrogen) atoms. The number of rotatable bonds is 5. The van der Waals surface area contributed by atoms with Crippen LogP contribution >= 0.6 is 23.2 Å². The van der Waals surface area contributed by atoms with E-state index in [0.29, 0.717) is 0 Å². The van der Waals surface area contributed by atoms with Crippen LogP contribution in [0.2, 0.25) is 0 Å². The van der Waals surface area contributed by atoms with Crippen LogP contribution in [0, 0.1) is 13.8 Å². The minimum absolute atomic E-state index is 0.260. The van der Waals surface area contributed by atoms with Gasteiger partial charge in [0.05, 0.1) is 5.69 Å². The van der Waals surface area contributed by atoms with Crippen molar-refractivity contribution in [1.82, 2.24) is 4.57 Å². The highest BCUT2D eigenvalue weighted by atomic mass is 79.9. The zero-order valence-electron chi connectivity index (χ0n) is 22.4. The van der Waals surface area contributed by atoms with Crippen LogP contribution in [0.3, 0.4) is 0 Å². The monoisotopic (exact) mass is 572 g/mol. The molecule has 4 aromatic carbocycles. The number of halogens is 1. The van der Waals surface area contributed by atoms with E-state index in [1.807, 2.05) is 24.3 Å². The van der Waals surface area contributed by atoms with Crippen molar-refractivity contribution in [3.8, 4) is 5.75 Å². The summed E-state index contributed by atoms with van der Waals surface area (Å²) in [6.07, 6.45) is 0. The van der Waals surface area contributed by atoms with Gasteiger partial charge in [0.15, 0.2) is 7.28 Å². The molecule has 0 fully saturated rings. The standard InChI is InChI=1S/C32H34BrN2OP/c1-7-35-30-14-9-8-13-27(30)28-21-26(16-18-31(28)35)37(32(4,5)6,36-25-12-10-11-24(33)20-25)34-29-17-15-22(2)19-23(29)3/h8-21H,7H2,1-6H3/t37-/m1/s1. The van der Waals surface area contributed by atoms with E-state index in [9.17, 15) is 0 Å². The van der Waals surface area contributed by atoms with Gasteiger partial charge < -0.3 is 9.09 Å². The van der Waals surface area contributed by atoms with Crippen molar-refractivity contribution >= 4 is 56.0 Å². The van der Waals surface area contributed by atoms with E-state index in [0.717, 1.165) is 33.3 Å². The van der Waals surface area contributed by atoms with E-state index in [-0.39, 0.29) is 5.16 Å². The highest BCUT2D eigenvalue weighted by Gasteiger charge is 2.39. The molecule has 1 heterocycles. The molecule has 3 nitrogen and oxygen atoms in total. The third kappa shape index (κ3) is 4.67. The second-order valence-corrected chi connectivity index (χ2v) is 15.0. The number of hydrogen-bond donors (Lipinski definition) is 0. The third-order valence-electron chi connectivity index (χ3n) is 6.97. The average Bonchev–Trinajstić information content (AvgIpc) is 3.17. The van der Waals surface area contributed by atoms with Gasteiger partial charge in [-0.05, 0) is 74.9 Å². The number of aromatic nitrogens is 1. The van der Waals surface area contributed by atoms with Crippen LogP contribution in [0.1, 0.15) is 38.8 Å². The Morgan fingerprint density at radius 1 is 0.838 bits per heavy atom. The van der Waals surface area contributed by atoms with Gasteiger partial charge in [-0.2, -0.15) is 0 Å². The predicted molar refractivity (Wildman–Crippen MR) is 164 cm³/mol. The first-order valence-corrected chi connectivity index (χ1v) is 15.2. The van der Waals surface area contributed by atoms with Gasteiger partial charge in [0.25, 0.3) is 0 Å². The molecule has 1 atom stereocenters. The van der Waals surface area contributed by atoms with Crippen LogP contribution in [0.25, 0.3) is 21.8 Å². The van der Waals surface area contributed by atoms with Crippen LogP contribution in [0.4, 0.5) is 5.69 Å². The van der Waals surface area contributed by atoms with Gasteiger partial charge in [0.1, 0.15) is 5.75 Å². The van der Waals surface area contributed by atoms with Gasteiger partial charge in [0.2, 0.25) is 0 Å². The molecule has 5 rings (SSSR count). The van der Waals surface area contributed by atoms with E-state index in [4.69, 9.17) is 9.27 Å². The number of nitrogens with zero attached hydrogens (tertiary/aromatic N) is 2. The molecule has 0 spiro atoms. The lowest BCUT2D eigenvalue weighted by atomic mass is 10.1. The van der Waals surface area contributed by atoms with E-state index in [2.05, 4.69) is 123 Å². The van der Waals surface area contributed by atoms with Gasteiger partial charge in [0, 0.05) is 43.3 Å². The number of para-hydroxylation sites is 1. The first-order chi connectivity index (χ1) is 17.6. The number of hydrogen-bond acceptors (Lipinski definition) is 2. The summed E-state index contributed by atoms with van der Waals surface area (Å²) in [6, 6.07) is 30.1. The molecule has 0 amide bonds. The quantitative estimate of drug-likeness (QED) is 0.192. The van der Waals surface area contributed by atoms with Crippen LogP contribution in [-0.2, 0) is 6.54 Å². The van der Waals surface area contributed by atoms with Crippen LogP contribution < -0.4 is 9.83 Å². The molecule has 0 saturated carbocycles. The molecule has 1 aromatic heterocycles. The highest BCUT2D eigenvalue weighted by molar-refractivity contribution is 9.10. The summed E-state index contributed by atoms with van der Waals surface area (Å²) in [5, 5.41) is 3.40. The van der Waals surface area contributed by atoms with Crippen molar-refractivity contribution in [1.29, 1.82) is 0 Å². The molecule has 0 bridgehead atoms. The van der Waals surface area contributed by atoms with Gasteiger partial charge in [-0.15, -0.1) is 0 Å². The summed E-state index contributed by atoms with van der Waals surface area (Å²) in [7, 11) is -2.62. The van der Waals surface area contributed by atoms with Gasteiger partial charge in [-0.3, -0.25) is 0 Å². The summed E-state index contributed by atoms with van der Waals surface area (Å²) in [5.74, 6) is 0.822. The molecular formula is C32H34BrN2OP. The summed E-state index contributed by atoms with van der Waals surface area (Å²) in [4.78, 5) is 0. The van der Waals surface area contributed by atoms with Crippen LogP contribution in [-0.4, -0.2) is 9.72 Å². The Kier molecular flexibility index (Phi) is 6.85. The maximum Gasteiger partial charge on any atom is 0.173 e. The maximum atomic E-state index is 7.12. The lowest BCUT2D eigenvalue weighted by Gasteiger charge is -2.37. The summed E-state index contributed by atoms with van der Waals surface area (Å²) < 4.78 is 16.1. The first-order valence-electron chi connectivity index (χ1n) is 12.8. The van der Waals surface area contributed by atoms with Crippen molar-refractivity contribution in [2.75, 3.05) is 0 Å². The van der Waals surface area contributed by atoms with Crippen molar-refractivity contribution in [3.05, 3.63) is 101 Å². The zero-order chi connectivity index (χ0) is 26.4.